The van der Waals surface area contributed by atoms with Crippen LogP contribution in [0.1, 0.15) is 11.4 Å². The van der Waals surface area contributed by atoms with Crippen LogP contribution >= 0.6 is 11.6 Å². The lowest BCUT2D eigenvalue weighted by atomic mass is 9.96. The average Bonchev–Trinajstić information content (AvgIpc) is 2.74. The van der Waals surface area contributed by atoms with Crippen LogP contribution in [-0.2, 0) is 24.7 Å². The molecule has 0 bridgehead atoms. The van der Waals surface area contributed by atoms with Gasteiger partial charge in [-0.3, -0.25) is 4.79 Å². The van der Waals surface area contributed by atoms with E-state index in [0.717, 1.165) is 5.56 Å². The molecule has 2 aromatic rings. The van der Waals surface area contributed by atoms with Crippen molar-refractivity contribution in [1.82, 2.24) is 20.2 Å². The van der Waals surface area contributed by atoms with Crippen LogP contribution in [0.5, 0.6) is 0 Å². The normalized spacial score (nSPS) is 12.3. The molecule has 1 heterocycles. The van der Waals surface area contributed by atoms with Gasteiger partial charge in [0.05, 0.1) is 13.0 Å². The molecule has 1 N–H and O–H groups in total. The minimum atomic E-state index is -0.882. The number of carboxylic acid groups (broad SMARTS) is 1. The molecule has 7 heteroatoms. The van der Waals surface area contributed by atoms with Crippen molar-refractivity contribution in [3.8, 4) is 0 Å². The first kappa shape index (κ1) is 13.5. The van der Waals surface area contributed by atoms with Crippen LogP contribution in [0.3, 0.4) is 0 Å². The third-order valence-corrected chi connectivity index (χ3v) is 2.93. The quantitative estimate of drug-likeness (QED) is 0.894. The van der Waals surface area contributed by atoms with Gasteiger partial charge in [-0.1, -0.05) is 23.7 Å². The smallest absolute Gasteiger partial charge is 0.307 e. The lowest BCUT2D eigenvalue weighted by Crippen LogP contribution is -2.20. The first-order chi connectivity index (χ1) is 9.04. The Balaban J connectivity index is 2.10. The Labute approximate surface area is 115 Å². The fourth-order valence-electron chi connectivity index (χ4n) is 1.82. The summed E-state index contributed by atoms with van der Waals surface area (Å²) in [5.41, 5.74) is 0.879. The Kier molecular flexibility index (Phi) is 4.11. The molecule has 0 saturated carbocycles. The lowest BCUT2D eigenvalue weighted by molar-refractivity contribution is -0.141. The molecular weight excluding hydrogens is 268 g/mol. The molecule has 0 amide bonds. The average molecular weight is 281 g/mol. The van der Waals surface area contributed by atoms with Gasteiger partial charge in [0.1, 0.15) is 0 Å². The van der Waals surface area contributed by atoms with Crippen molar-refractivity contribution >= 4 is 17.6 Å². The van der Waals surface area contributed by atoms with Gasteiger partial charge in [-0.25, -0.2) is 0 Å². The van der Waals surface area contributed by atoms with E-state index in [0.29, 0.717) is 17.3 Å². The van der Waals surface area contributed by atoms with Crippen molar-refractivity contribution in [3.05, 3.63) is 40.7 Å². The summed E-state index contributed by atoms with van der Waals surface area (Å²) in [4.78, 5) is 12.6. The van der Waals surface area contributed by atoms with Crippen molar-refractivity contribution in [2.45, 2.75) is 12.8 Å². The topological polar surface area (TPSA) is 80.9 Å². The number of hydrogen-bond acceptors (Lipinski definition) is 4. The Morgan fingerprint density at radius 3 is 2.84 bits per heavy atom. The number of aromatic nitrogens is 4. The zero-order chi connectivity index (χ0) is 13.8. The summed E-state index contributed by atoms with van der Waals surface area (Å²) in [6, 6.07) is 7.18. The largest absolute Gasteiger partial charge is 0.481 e. The van der Waals surface area contributed by atoms with Crippen LogP contribution in [0.15, 0.2) is 24.3 Å². The maximum Gasteiger partial charge on any atom is 0.307 e. The molecular formula is C12H13ClN4O2. The minimum Gasteiger partial charge on any atom is -0.481 e. The summed E-state index contributed by atoms with van der Waals surface area (Å²) >= 11 is 5.89. The Hall–Kier alpha value is -1.95. The highest BCUT2D eigenvalue weighted by Crippen LogP contribution is 2.16. The molecule has 0 aliphatic rings. The summed E-state index contributed by atoms with van der Waals surface area (Å²) in [6.07, 6.45) is 0.629. The van der Waals surface area contributed by atoms with E-state index in [1.165, 1.54) is 4.80 Å². The molecule has 100 valence electrons. The molecule has 0 radical (unpaired) electrons. The third-order valence-electron chi connectivity index (χ3n) is 2.70. The van der Waals surface area contributed by atoms with Gasteiger partial charge in [0, 0.05) is 11.4 Å². The molecule has 0 saturated heterocycles. The maximum atomic E-state index is 11.3. The molecule has 0 aliphatic carbocycles. The van der Waals surface area contributed by atoms with Crippen molar-refractivity contribution in [2.75, 3.05) is 0 Å². The molecule has 0 spiro atoms. The Morgan fingerprint density at radius 1 is 1.47 bits per heavy atom. The van der Waals surface area contributed by atoms with Crippen LogP contribution in [0.25, 0.3) is 0 Å². The first-order valence-corrected chi connectivity index (χ1v) is 6.12. The van der Waals surface area contributed by atoms with Crippen LogP contribution in [0, 0.1) is 5.92 Å². The van der Waals surface area contributed by atoms with Gasteiger partial charge >= 0.3 is 5.97 Å². The number of carbonyl (C=O) groups is 1. The second kappa shape index (κ2) is 5.79. The predicted octanol–water partition coefficient (Wildman–Crippen LogP) is 1.35. The van der Waals surface area contributed by atoms with Crippen molar-refractivity contribution < 1.29 is 9.90 Å². The van der Waals surface area contributed by atoms with Crippen LogP contribution < -0.4 is 0 Å². The fraction of sp³-hybridized carbons (Fsp3) is 0.333. The first-order valence-electron chi connectivity index (χ1n) is 5.74. The Bertz CT molecular complexity index is 585. The van der Waals surface area contributed by atoms with E-state index >= 15 is 0 Å². The number of aliphatic carboxylic acids is 1. The zero-order valence-corrected chi connectivity index (χ0v) is 11.1. The molecule has 1 aromatic heterocycles. The monoisotopic (exact) mass is 280 g/mol. The standard InChI is InChI=1S/C12H13ClN4O2/c1-17-15-11(14-16-17)7-9(12(18)19)5-8-3-2-4-10(13)6-8/h2-4,6,9H,5,7H2,1H3,(H,18,19). The van der Waals surface area contributed by atoms with Crippen LogP contribution in [-0.4, -0.2) is 31.3 Å². The summed E-state index contributed by atoms with van der Waals surface area (Å²) in [5, 5.41) is 21.4. The second-order valence-corrected chi connectivity index (χ2v) is 4.70. The number of rotatable bonds is 5. The minimum absolute atomic E-state index is 0.246. The van der Waals surface area contributed by atoms with E-state index in [4.69, 9.17) is 11.6 Å². The SMILES string of the molecule is Cn1nnc(CC(Cc2cccc(Cl)c2)C(=O)O)n1. The summed E-state index contributed by atoms with van der Waals surface area (Å²) in [5.74, 6) is -1.05. The van der Waals surface area contributed by atoms with E-state index in [1.807, 2.05) is 6.07 Å². The number of tetrazole rings is 1. The van der Waals surface area contributed by atoms with E-state index < -0.39 is 11.9 Å². The van der Waals surface area contributed by atoms with Crippen molar-refractivity contribution in [3.63, 3.8) is 0 Å². The van der Waals surface area contributed by atoms with E-state index in [9.17, 15) is 9.90 Å². The molecule has 2 rings (SSSR count). The predicted molar refractivity (Wildman–Crippen MR) is 68.8 cm³/mol. The number of hydrogen-bond donors (Lipinski definition) is 1. The van der Waals surface area contributed by atoms with E-state index in [1.54, 1.807) is 25.2 Å². The molecule has 0 aliphatic heterocycles. The number of carboxylic acids is 1. The van der Waals surface area contributed by atoms with Gasteiger partial charge in [-0.2, -0.15) is 4.80 Å². The molecule has 1 unspecified atom stereocenters. The van der Waals surface area contributed by atoms with E-state index in [2.05, 4.69) is 15.4 Å². The zero-order valence-electron chi connectivity index (χ0n) is 10.3. The number of nitrogens with zero attached hydrogens (tertiary/aromatic N) is 4. The summed E-state index contributed by atoms with van der Waals surface area (Å²) in [6.45, 7) is 0. The van der Waals surface area contributed by atoms with Gasteiger partial charge in [0.25, 0.3) is 0 Å². The fourth-order valence-corrected chi connectivity index (χ4v) is 2.03. The summed E-state index contributed by atoms with van der Waals surface area (Å²) < 4.78 is 0. The molecule has 19 heavy (non-hydrogen) atoms. The van der Waals surface area contributed by atoms with E-state index in [-0.39, 0.29) is 6.42 Å². The molecule has 6 nitrogen and oxygen atoms in total. The highest BCUT2D eigenvalue weighted by atomic mass is 35.5. The number of aryl methyl sites for hydroxylation is 1. The molecule has 1 atom stereocenters. The lowest BCUT2D eigenvalue weighted by Gasteiger charge is -2.10. The summed E-state index contributed by atoms with van der Waals surface area (Å²) in [7, 11) is 1.64. The van der Waals surface area contributed by atoms with Gasteiger partial charge in [-0.15, -0.1) is 10.2 Å². The van der Waals surface area contributed by atoms with Gasteiger partial charge < -0.3 is 5.11 Å². The van der Waals surface area contributed by atoms with Crippen molar-refractivity contribution in [2.24, 2.45) is 13.0 Å². The Morgan fingerprint density at radius 2 is 2.26 bits per heavy atom. The molecule has 1 aromatic carbocycles. The second-order valence-electron chi connectivity index (χ2n) is 4.27. The number of benzene rings is 1. The number of halogens is 1. The van der Waals surface area contributed by atoms with Crippen molar-refractivity contribution in [1.29, 1.82) is 0 Å². The van der Waals surface area contributed by atoms with Crippen LogP contribution in [0.4, 0.5) is 0 Å². The van der Waals surface area contributed by atoms with Gasteiger partial charge in [0.15, 0.2) is 5.82 Å². The maximum absolute atomic E-state index is 11.3. The highest BCUT2D eigenvalue weighted by Gasteiger charge is 2.21. The highest BCUT2D eigenvalue weighted by molar-refractivity contribution is 6.30. The third kappa shape index (κ3) is 3.75. The molecule has 0 fully saturated rings. The van der Waals surface area contributed by atoms with Gasteiger partial charge in [-0.05, 0) is 29.3 Å². The van der Waals surface area contributed by atoms with Gasteiger partial charge in [0.2, 0.25) is 0 Å². The van der Waals surface area contributed by atoms with Crippen LogP contribution in [0.2, 0.25) is 5.02 Å².